The molecule has 5 rings (SSSR count). The summed E-state index contributed by atoms with van der Waals surface area (Å²) < 4.78 is 94.4. The van der Waals surface area contributed by atoms with Gasteiger partial charge in [0.1, 0.15) is 0 Å². The van der Waals surface area contributed by atoms with E-state index in [9.17, 15) is 0 Å². The molecule has 2 aromatic carbocycles. The average Bonchev–Trinajstić information content (AvgIpc) is 3.27. The molecule has 0 N–H and O–H groups in total. The van der Waals surface area contributed by atoms with Crippen LogP contribution in [0.2, 0.25) is 0 Å². The summed E-state index contributed by atoms with van der Waals surface area (Å²) in [6.07, 6.45) is 0. The molecule has 0 saturated carbocycles. The zero-order chi connectivity index (χ0) is 25.7. The smallest absolute Gasteiger partial charge is 0.378 e. The van der Waals surface area contributed by atoms with Crippen molar-refractivity contribution >= 4 is 49.2 Å². The van der Waals surface area contributed by atoms with Crippen LogP contribution in [-0.4, -0.2) is 36.4 Å². The maximum Gasteiger partial charge on any atom is 0.380 e. The molecular formula is C26H22F6N2S. The first kappa shape index (κ1) is 23.8. The molecule has 9 heteroatoms. The van der Waals surface area contributed by atoms with E-state index >= 15 is 26.3 Å². The highest BCUT2D eigenvalue weighted by Crippen LogP contribution is 2.66. The van der Waals surface area contributed by atoms with Crippen LogP contribution in [-0.2, 0) is 7.05 Å². The van der Waals surface area contributed by atoms with Crippen LogP contribution in [0.15, 0.2) is 42.5 Å². The molecule has 0 unspecified atom stereocenters. The van der Waals surface area contributed by atoms with Crippen molar-refractivity contribution in [2.75, 3.05) is 19.0 Å². The largest absolute Gasteiger partial charge is 0.380 e. The highest BCUT2D eigenvalue weighted by Gasteiger charge is 2.80. The van der Waals surface area contributed by atoms with Gasteiger partial charge in [0.25, 0.3) is 0 Å². The number of hydrogen-bond acceptors (Lipinski definition) is 2. The van der Waals surface area contributed by atoms with E-state index in [1.165, 1.54) is 19.9 Å². The summed E-state index contributed by atoms with van der Waals surface area (Å²) in [6.45, 7) is 2.98. The van der Waals surface area contributed by atoms with E-state index in [0.717, 1.165) is 11.3 Å². The minimum Gasteiger partial charge on any atom is -0.378 e. The van der Waals surface area contributed by atoms with Crippen LogP contribution in [0.1, 0.15) is 21.7 Å². The maximum atomic E-state index is 15.6. The zero-order valence-corrected chi connectivity index (χ0v) is 20.4. The number of alkyl halides is 6. The molecule has 2 nitrogen and oxygen atoms in total. The van der Waals surface area contributed by atoms with E-state index < -0.39 is 28.9 Å². The van der Waals surface area contributed by atoms with Gasteiger partial charge in [-0.3, -0.25) is 0 Å². The van der Waals surface area contributed by atoms with Crippen molar-refractivity contribution in [1.82, 2.24) is 4.57 Å². The number of anilines is 1. The monoisotopic (exact) mass is 508 g/mol. The van der Waals surface area contributed by atoms with Crippen molar-refractivity contribution < 1.29 is 26.3 Å². The number of hydrogen-bond donors (Lipinski definition) is 0. The van der Waals surface area contributed by atoms with Gasteiger partial charge in [0.15, 0.2) is 0 Å². The predicted molar refractivity (Wildman–Crippen MR) is 130 cm³/mol. The third-order valence-corrected chi connectivity index (χ3v) is 8.02. The molecule has 4 aromatic rings. The fourth-order valence-corrected chi connectivity index (χ4v) is 6.09. The van der Waals surface area contributed by atoms with Crippen molar-refractivity contribution in [2.24, 2.45) is 7.05 Å². The van der Waals surface area contributed by atoms with Crippen LogP contribution >= 0.6 is 11.3 Å². The zero-order valence-electron chi connectivity index (χ0n) is 19.6. The summed E-state index contributed by atoms with van der Waals surface area (Å²) in [7, 11) is 5.09. The third-order valence-electron chi connectivity index (χ3n) is 6.93. The van der Waals surface area contributed by atoms with Crippen LogP contribution in [0, 0.1) is 13.8 Å². The number of allylic oxidation sites excluding steroid dienone is 2. The fraction of sp³-hybridized carbons (Fsp3) is 0.308. The number of nitrogens with zero attached hydrogens (tertiary/aromatic N) is 2. The first-order valence-electron chi connectivity index (χ1n) is 10.9. The van der Waals surface area contributed by atoms with Gasteiger partial charge in [0.05, 0.1) is 0 Å². The van der Waals surface area contributed by atoms with Crippen LogP contribution in [0.5, 0.6) is 0 Å². The van der Waals surface area contributed by atoms with Crippen molar-refractivity contribution in [3.05, 3.63) is 64.2 Å². The van der Waals surface area contributed by atoms with Gasteiger partial charge in [-0.25, -0.2) is 0 Å². The number of thiophene rings is 1. The van der Waals surface area contributed by atoms with E-state index in [0.29, 0.717) is 15.9 Å². The number of rotatable bonds is 3. The quantitative estimate of drug-likeness (QED) is 0.255. The summed E-state index contributed by atoms with van der Waals surface area (Å²) >= 11 is 1.11. The Hall–Kier alpha value is -2.94. The molecule has 1 aliphatic rings. The standard InChI is InChI=1S/C26H22F6N2S/c1-13-20(17-12-15(33(3)4)10-11-18(17)34(13)5)22-23(25(29,30)26(31,32)24(22,27)28)21-14(2)35-19-9-7-6-8-16(19)21/h6-12H,1-5H3. The number of benzene rings is 2. The molecule has 1 aliphatic carbocycles. The topological polar surface area (TPSA) is 8.17 Å². The lowest BCUT2D eigenvalue weighted by Gasteiger charge is -2.26. The SMILES string of the molecule is Cc1sc2ccccc2c1C1=C(c2c(C)n(C)c3ccc(N(C)C)cc23)C(F)(F)C(F)(F)C1(F)F. The number of halogens is 6. The lowest BCUT2D eigenvalue weighted by Crippen LogP contribution is -2.49. The van der Waals surface area contributed by atoms with Crippen molar-refractivity contribution in [3.63, 3.8) is 0 Å². The highest BCUT2D eigenvalue weighted by atomic mass is 32.1. The summed E-state index contributed by atoms with van der Waals surface area (Å²) in [5, 5.41) is 0.469. The molecule has 0 aliphatic heterocycles. The van der Waals surface area contributed by atoms with Crippen LogP contribution in [0.4, 0.5) is 32.0 Å². The second-order valence-corrected chi connectivity index (χ2v) is 10.4. The van der Waals surface area contributed by atoms with E-state index in [-0.39, 0.29) is 32.5 Å². The third kappa shape index (κ3) is 2.90. The molecule has 184 valence electrons. The highest BCUT2D eigenvalue weighted by molar-refractivity contribution is 7.19. The van der Waals surface area contributed by atoms with E-state index in [1.54, 1.807) is 67.0 Å². The Kier molecular flexibility index (Phi) is 4.95. The Morgan fingerprint density at radius 2 is 1.40 bits per heavy atom. The van der Waals surface area contributed by atoms with Gasteiger partial charge in [0, 0.05) is 80.7 Å². The number of aryl methyl sites for hydroxylation is 2. The summed E-state index contributed by atoms with van der Waals surface area (Å²) in [4.78, 5) is 2.01. The molecule has 35 heavy (non-hydrogen) atoms. The molecule has 2 heterocycles. The Labute approximate surface area is 202 Å². The van der Waals surface area contributed by atoms with Gasteiger partial charge in [-0.2, -0.15) is 26.3 Å². The summed E-state index contributed by atoms with van der Waals surface area (Å²) in [5.74, 6) is -15.8. The summed E-state index contributed by atoms with van der Waals surface area (Å²) in [6, 6.07) is 11.4. The van der Waals surface area contributed by atoms with Gasteiger partial charge < -0.3 is 9.47 Å². The second kappa shape index (κ2) is 7.29. The van der Waals surface area contributed by atoms with Crippen LogP contribution in [0.3, 0.4) is 0 Å². The molecular weight excluding hydrogens is 486 g/mol. The fourth-order valence-electron chi connectivity index (χ4n) is 5.02. The predicted octanol–water partition coefficient (Wildman–Crippen LogP) is 7.91. The number of aromatic nitrogens is 1. The van der Waals surface area contributed by atoms with Gasteiger partial charge in [-0.15, -0.1) is 11.3 Å². The van der Waals surface area contributed by atoms with Gasteiger partial charge in [-0.05, 0) is 38.1 Å². The van der Waals surface area contributed by atoms with Crippen LogP contribution in [0.25, 0.3) is 32.1 Å². The average molecular weight is 509 g/mol. The second-order valence-electron chi connectivity index (χ2n) is 9.12. The molecule has 0 amide bonds. The van der Waals surface area contributed by atoms with Gasteiger partial charge in [-0.1, -0.05) is 18.2 Å². The lowest BCUT2D eigenvalue weighted by atomic mass is 9.91. The first-order valence-corrected chi connectivity index (χ1v) is 11.7. The Balaban J connectivity index is 2.01. The molecule has 0 saturated heterocycles. The molecule has 0 atom stereocenters. The molecule has 0 spiro atoms. The van der Waals surface area contributed by atoms with Crippen molar-refractivity contribution in [2.45, 2.75) is 31.6 Å². The minimum atomic E-state index is -5.60. The van der Waals surface area contributed by atoms with E-state index in [4.69, 9.17) is 0 Å². The number of fused-ring (bicyclic) bond motifs is 2. The van der Waals surface area contributed by atoms with Gasteiger partial charge in [0.2, 0.25) is 0 Å². The summed E-state index contributed by atoms with van der Waals surface area (Å²) in [5.41, 5.74) is -1.82. The van der Waals surface area contributed by atoms with E-state index in [2.05, 4.69) is 0 Å². The molecule has 2 aromatic heterocycles. The molecule has 0 radical (unpaired) electrons. The Morgan fingerprint density at radius 3 is 2.03 bits per heavy atom. The van der Waals surface area contributed by atoms with Crippen LogP contribution < -0.4 is 4.90 Å². The Bertz CT molecular complexity index is 1540. The molecule has 0 bridgehead atoms. The van der Waals surface area contributed by atoms with Crippen molar-refractivity contribution in [1.29, 1.82) is 0 Å². The van der Waals surface area contributed by atoms with Crippen molar-refractivity contribution in [3.8, 4) is 0 Å². The van der Waals surface area contributed by atoms with E-state index in [1.807, 2.05) is 0 Å². The minimum absolute atomic E-state index is 0.203. The Morgan fingerprint density at radius 1 is 0.800 bits per heavy atom. The molecule has 0 fully saturated rings. The maximum absolute atomic E-state index is 15.6. The normalized spacial score (nSPS) is 18.7. The first-order chi connectivity index (χ1) is 16.2. The lowest BCUT2D eigenvalue weighted by molar-refractivity contribution is -0.254. The van der Waals surface area contributed by atoms with Gasteiger partial charge >= 0.3 is 17.8 Å².